The third kappa shape index (κ3) is 3.69. The zero-order valence-corrected chi connectivity index (χ0v) is 15.1. The van der Waals surface area contributed by atoms with Gasteiger partial charge in [-0.3, -0.25) is 4.90 Å². The minimum absolute atomic E-state index is 0.465. The van der Waals surface area contributed by atoms with Crippen molar-refractivity contribution in [2.24, 2.45) is 0 Å². The second-order valence-electron chi connectivity index (χ2n) is 6.88. The van der Waals surface area contributed by atoms with Crippen LogP contribution in [0.1, 0.15) is 36.4 Å². The van der Waals surface area contributed by atoms with E-state index in [2.05, 4.69) is 66.5 Å². The van der Waals surface area contributed by atoms with E-state index >= 15 is 0 Å². The van der Waals surface area contributed by atoms with E-state index in [0.29, 0.717) is 6.04 Å². The van der Waals surface area contributed by atoms with Crippen molar-refractivity contribution in [3.8, 4) is 0 Å². The first-order valence-corrected chi connectivity index (χ1v) is 9.03. The lowest BCUT2D eigenvalue weighted by molar-refractivity contribution is 0.187. The summed E-state index contributed by atoms with van der Waals surface area (Å²) in [5.74, 6) is 0. The maximum Gasteiger partial charge on any atom is 0.0712 e. The van der Waals surface area contributed by atoms with Gasteiger partial charge in [-0.1, -0.05) is 73.9 Å². The first-order chi connectivity index (χ1) is 12.1. The molecular formula is C23H28N2. The quantitative estimate of drug-likeness (QED) is 0.581. The topological polar surface area (TPSA) is 6.48 Å². The minimum atomic E-state index is 0.465. The van der Waals surface area contributed by atoms with E-state index in [1.165, 1.54) is 16.8 Å². The van der Waals surface area contributed by atoms with Gasteiger partial charge < -0.3 is 4.90 Å². The molecule has 130 valence electrons. The normalized spacial score (nSPS) is 18.6. The second kappa shape index (κ2) is 7.71. The van der Waals surface area contributed by atoms with E-state index in [-0.39, 0.29) is 0 Å². The van der Waals surface area contributed by atoms with Crippen LogP contribution >= 0.6 is 0 Å². The molecular weight excluding hydrogens is 304 g/mol. The molecule has 2 heteroatoms. The zero-order chi connectivity index (χ0) is 17.8. The minimum Gasteiger partial charge on any atom is -0.358 e. The molecule has 0 bridgehead atoms. The van der Waals surface area contributed by atoms with Gasteiger partial charge in [0.2, 0.25) is 0 Å². The fourth-order valence-corrected chi connectivity index (χ4v) is 3.71. The summed E-state index contributed by atoms with van der Waals surface area (Å²) >= 11 is 0. The maximum atomic E-state index is 4.08. The Balaban J connectivity index is 1.88. The monoisotopic (exact) mass is 332 g/mol. The van der Waals surface area contributed by atoms with Gasteiger partial charge in [0.1, 0.15) is 0 Å². The van der Waals surface area contributed by atoms with Crippen LogP contribution in [0, 0.1) is 0 Å². The van der Waals surface area contributed by atoms with Crippen LogP contribution in [0.5, 0.6) is 0 Å². The smallest absolute Gasteiger partial charge is 0.0712 e. The number of hydrogen-bond donors (Lipinski definition) is 0. The Morgan fingerprint density at radius 2 is 1.80 bits per heavy atom. The Morgan fingerprint density at radius 1 is 1.08 bits per heavy atom. The predicted octanol–water partition coefficient (Wildman–Crippen LogP) is 5.49. The molecule has 1 aliphatic heterocycles. The van der Waals surface area contributed by atoms with Crippen molar-refractivity contribution in [1.82, 2.24) is 4.90 Å². The largest absolute Gasteiger partial charge is 0.358 e. The Morgan fingerprint density at radius 3 is 2.52 bits per heavy atom. The number of hydrogen-bond acceptors (Lipinski definition) is 2. The van der Waals surface area contributed by atoms with Crippen molar-refractivity contribution in [3.05, 3.63) is 85.0 Å². The highest BCUT2D eigenvalue weighted by atomic mass is 15.3. The molecule has 0 saturated carbocycles. The van der Waals surface area contributed by atoms with E-state index in [1.807, 2.05) is 12.2 Å². The first-order valence-electron chi connectivity index (χ1n) is 9.03. The summed E-state index contributed by atoms with van der Waals surface area (Å²) in [6, 6.07) is 7.13. The average molecular weight is 332 g/mol. The Bertz CT molecular complexity index is 726. The summed E-state index contributed by atoms with van der Waals surface area (Å²) in [4.78, 5) is 5.07. The highest BCUT2D eigenvalue weighted by molar-refractivity contribution is 5.69. The number of rotatable bonds is 8. The number of nitrogens with zero attached hydrogens (tertiary/aromatic N) is 2. The predicted molar refractivity (Wildman–Crippen MR) is 110 cm³/mol. The van der Waals surface area contributed by atoms with Gasteiger partial charge in [0.05, 0.1) is 6.67 Å². The van der Waals surface area contributed by atoms with Crippen molar-refractivity contribution in [2.75, 3.05) is 24.7 Å². The fourth-order valence-electron chi connectivity index (χ4n) is 3.71. The molecule has 1 aromatic rings. The molecule has 1 aliphatic carbocycles. The van der Waals surface area contributed by atoms with Crippen LogP contribution in [0.15, 0.2) is 73.9 Å². The molecule has 0 fully saturated rings. The molecule has 2 nitrogen and oxygen atoms in total. The van der Waals surface area contributed by atoms with Crippen molar-refractivity contribution in [2.45, 2.75) is 25.3 Å². The molecule has 1 heterocycles. The summed E-state index contributed by atoms with van der Waals surface area (Å²) in [6.07, 6.45) is 11.3. The number of allylic oxidation sites excluding steroid dienone is 2. The van der Waals surface area contributed by atoms with Gasteiger partial charge in [-0.25, -0.2) is 0 Å². The van der Waals surface area contributed by atoms with Crippen LogP contribution in [0.4, 0.5) is 5.69 Å². The molecule has 0 radical (unpaired) electrons. The molecule has 0 saturated heterocycles. The molecule has 0 aromatic heterocycles. The van der Waals surface area contributed by atoms with Crippen LogP contribution in [0.25, 0.3) is 6.08 Å². The summed E-state index contributed by atoms with van der Waals surface area (Å²) in [5.41, 5.74) is 6.41. The van der Waals surface area contributed by atoms with Crippen LogP contribution in [0.2, 0.25) is 0 Å². The van der Waals surface area contributed by atoms with Gasteiger partial charge in [0, 0.05) is 30.4 Å². The molecule has 3 rings (SSSR count). The molecule has 0 spiro atoms. The lowest BCUT2D eigenvalue weighted by Crippen LogP contribution is -2.46. The molecule has 1 unspecified atom stereocenters. The summed E-state index contributed by atoms with van der Waals surface area (Å²) in [6.45, 7) is 18.7. The van der Waals surface area contributed by atoms with Crippen molar-refractivity contribution in [3.63, 3.8) is 0 Å². The summed E-state index contributed by atoms with van der Waals surface area (Å²) < 4.78 is 0. The van der Waals surface area contributed by atoms with E-state index in [0.717, 1.165) is 50.2 Å². The van der Waals surface area contributed by atoms with Crippen molar-refractivity contribution >= 4 is 11.8 Å². The Kier molecular flexibility index (Phi) is 5.40. The van der Waals surface area contributed by atoms with Gasteiger partial charge in [-0.05, 0) is 30.9 Å². The van der Waals surface area contributed by atoms with Crippen LogP contribution in [0.3, 0.4) is 0 Å². The van der Waals surface area contributed by atoms with Gasteiger partial charge >= 0.3 is 0 Å². The van der Waals surface area contributed by atoms with Gasteiger partial charge in [0.15, 0.2) is 0 Å². The van der Waals surface area contributed by atoms with E-state index in [1.54, 1.807) is 0 Å². The molecule has 0 amide bonds. The fraction of sp³-hybridized carbons (Fsp3) is 0.304. The second-order valence-corrected chi connectivity index (χ2v) is 6.88. The molecule has 1 aromatic carbocycles. The van der Waals surface area contributed by atoms with Crippen LogP contribution in [-0.4, -0.2) is 24.7 Å². The van der Waals surface area contributed by atoms with E-state index in [4.69, 9.17) is 0 Å². The van der Waals surface area contributed by atoms with Crippen LogP contribution in [-0.2, 0) is 0 Å². The average Bonchev–Trinajstić information content (AvgIpc) is 2.66. The standard InChI is InChI=1S/C23H28N2/c1-5-18(3)13-15-24-17-25(16-14-19(4)6-2)22-12-8-10-20-9-7-11-21(24)23(20)22/h5-11,22H,1-4,12-17H2. The van der Waals surface area contributed by atoms with Crippen molar-refractivity contribution < 1.29 is 0 Å². The lowest BCUT2D eigenvalue weighted by Gasteiger charge is -2.45. The van der Waals surface area contributed by atoms with Crippen LogP contribution < -0.4 is 4.90 Å². The highest BCUT2D eigenvalue weighted by Gasteiger charge is 2.33. The van der Waals surface area contributed by atoms with Gasteiger partial charge in [-0.15, -0.1) is 0 Å². The molecule has 0 N–H and O–H groups in total. The molecule has 2 aliphatic rings. The van der Waals surface area contributed by atoms with Crippen molar-refractivity contribution in [1.29, 1.82) is 0 Å². The summed E-state index contributed by atoms with van der Waals surface area (Å²) in [5, 5.41) is 0. The zero-order valence-electron chi connectivity index (χ0n) is 15.1. The summed E-state index contributed by atoms with van der Waals surface area (Å²) in [7, 11) is 0. The molecule has 1 atom stereocenters. The van der Waals surface area contributed by atoms with E-state index < -0.39 is 0 Å². The number of benzene rings is 1. The highest BCUT2D eigenvalue weighted by Crippen LogP contribution is 2.43. The third-order valence-electron chi connectivity index (χ3n) is 5.24. The van der Waals surface area contributed by atoms with E-state index in [9.17, 15) is 0 Å². The maximum absolute atomic E-state index is 4.08. The van der Waals surface area contributed by atoms with Gasteiger partial charge in [-0.2, -0.15) is 0 Å². The SMILES string of the molecule is C=CC(=C)CCN1CN(CCC(=C)C=C)C2CC=Cc3cccc1c32. The first kappa shape index (κ1) is 17.5. The number of anilines is 1. The van der Waals surface area contributed by atoms with Gasteiger partial charge in [0.25, 0.3) is 0 Å². The Labute approximate surface area is 152 Å². The molecule has 25 heavy (non-hydrogen) atoms. The third-order valence-corrected chi connectivity index (χ3v) is 5.24. The Hall–Kier alpha value is -2.32. The lowest BCUT2D eigenvalue weighted by atomic mass is 9.88.